The van der Waals surface area contributed by atoms with Crippen molar-refractivity contribution in [1.29, 1.82) is 0 Å². The molecule has 3 saturated carbocycles. The van der Waals surface area contributed by atoms with Crippen LogP contribution in [0.4, 0.5) is 0 Å². The first-order valence-electron chi connectivity index (χ1n) is 10.8. The van der Waals surface area contributed by atoms with Crippen LogP contribution in [0.15, 0.2) is 24.4 Å². The highest BCUT2D eigenvalue weighted by atomic mass is 35.5. The van der Waals surface area contributed by atoms with Crippen LogP contribution in [-0.4, -0.2) is 51.4 Å². The van der Waals surface area contributed by atoms with Gasteiger partial charge in [0.1, 0.15) is 25.2 Å². The maximum absolute atomic E-state index is 12.3. The Morgan fingerprint density at radius 2 is 1.90 bits per heavy atom. The second-order valence-corrected chi connectivity index (χ2v) is 10.9. The zero-order chi connectivity index (χ0) is 22.2. The fourth-order valence-electron chi connectivity index (χ4n) is 5.62. The number of carbonyl (C=O) groups is 1. The van der Waals surface area contributed by atoms with E-state index in [4.69, 9.17) is 21.1 Å². The average molecular weight is 444 g/mol. The van der Waals surface area contributed by atoms with E-state index in [1.165, 1.54) is 30.4 Å². The van der Waals surface area contributed by atoms with Crippen LogP contribution in [0.2, 0.25) is 5.15 Å². The van der Waals surface area contributed by atoms with Gasteiger partial charge in [-0.1, -0.05) is 11.6 Å². The molecule has 0 radical (unpaired) electrons. The van der Waals surface area contributed by atoms with Crippen molar-refractivity contribution in [2.75, 3.05) is 6.61 Å². The second kappa shape index (κ2) is 6.48. The number of carbonyl (C=O) groups excluding carboxylic acids is 1. The third-order valence-corrected chi connectivity index (χ3v) is 7.27. The minimum Gasteiger partial charge on any atom is -0.474 e. The highest BCUT2D eigenvalue weighted by Gasteiger charge is 2.89. The summed E-state index contributed by atoms with van der Waals surface area (Å²) in [6.45, 7) is 5.59. The summed E-state index contributed by atoms with van der Waals surface area (Å²) in [5, 5.41) is 15.5. The Bertz CT molecular complexity index is 1040. The molecule has 164 valence electrons. The number of rotatable bonds is 6. The first-order chi connectivity index (χ1) is 14.5. The van der Waals surface area contributed by atoms with E-state index in [-0.39, 0.29) is 17.3 Å². The smallest absolute Gasteiger partial charge is 0.341 e. The van der Waals surface area contributed by atoms with Gasteiger partial charge in [-0.3, -0.25) is 0 Å². The van der Waals surface area contributed by atoms with E-state index < -0.39 is 17.1 Å². The predicted octanol–water partition coefficient (Wildman–Crippen LogP) is 2.77. The molecule has 1 unspecified atom stereocenters. The summed E-state index contributed by atoms with van der Waals surface area (Å²) >= 11 is 6.22. The van der Waals surface area contributed by atoms with Crippen molar-refractivity contribution in [3.05, 3.63) is 35.1 Å². The van der Waals surface area contributed by atoms with Crippen molar-refractivity contribution >= 4 is 25.4 Å². The summed E-state index contributed by atoms with van der Waals surface area (Å²) in [6.07, 6.45) is 6.68. The fourth-order valence-corrected chi connectivity index (χ4v) is 5.85. The quantitative estimate of drug-likeness (QED) is 0.420. The van der Waals surface area contributed by atoms with E-state index in [1.54, 1.807) is 45.2 Å². The zero-order valence-corrected chi connectivity index (χ0v) is 19.1. The van der Waals surface area contributed by atoms with Crippen molar-refractivity contribution in [1.82, 2.24) is 14.8 Å². The van der Waals surface area contributed by atoms with Gasteiger partial charge in [0, 0.05) is 12.3 Å². The molecule has 2 spiro atoms. The molecule has 2 aromatic heterocycles. The van der Waals surface area contributed by atoms with Gasteiger partial charge in [-0.05, 0) is 75.3 Å². The second-order valence-electron chi connectivity index (χ2n) is 10.5. The molecule has 0 aliphatic heterocycles. The van der Waals surface area contributed by atoms with Crippen LogP contribution < -0.4 is 4.74 Å². The number of pyridine rings is 1. The Morgan fingerprint density at radius 3 is 2.45 bits per heavy atom. The molecular formula is C22H27BClN3O4. The normalized spacial score (nSPS) is 22.2. The molecular weight excluding hydrogens is 417 g/mol. The Kier molecular flexibility index (Phi) is 4.35. The molecule has 1 atom stereocenters. The van der Waals surface area contributed by atoms with Crippen molar-refractivity contribution in [3.8, 4) is 11.7 Å². The molecule has 3 aliphatic rings. The minimum atomic E-state index is -0.854. The summed E-state index contributed by atoms with van der Waals surface area (Å²) in [6, 6.07) is 4.94. The van der Waals surface area contributed by atoms with Gasteiger partial charge in [0.25, 0.3) is 0 Å². The van der Waals surface area contributed by atoms with E-state index >= 15 is 0 Å². The molecule has 3 aliphatic carbocycles. The number of aromatic nitrogens is 3. The number of ether oxygens (including phenoxy) is 2. The number of hydrogen-bond donors (Lipinski definition) is 1. The van der Waals surface area contributed by atoms with E-state index in [0.717, 1.165) is 0 Å². The van der Waals surface area contributed by atoms with E-state index in [2.05, 4.69) is 10.1 Å². The highest BCUT2D eigenvalue weighted by Crippen LogP contribution is 2.93. The summed E-state index contributed by atoms with van der Waals surface area (Å²) in [5.74, 6) is 0.681. The van der Waals surface area contributed by atoms with Crippen molar-refractivity contribution in [3.63, 3.8) is 0 Å². The number of nitrogens with zero attached hydrogens (tertiary/aromatic N) is 3. The minimum absolute atomic E-state index is 0.0471. The molecule has 2 aromatic rings. The van der Waals surface area contributed by atoms with Crippen LogP contribution in [0.25, 0.3) is 5.82 Å². The van der Waals surface area contributed by atoms with Crippen LogP contribution in [0.3, 0.4) is 0 Å². The lowest BCUT2D eigenvalue weighted by atomic mass is 9.76. The van der Waals surface area contributed by atoms with Crippen molar-refractivity contribution in [2.45, 2.75) is 57.6 Å². The molecule has 0 saturated heterocycles. The zero-order valence-electron chi connectivity index (χ0n) is 18.3. The van der Waals surface area contributed by atoms with Gasteiger partial charge in [0.2, 0.25) is 5.88 Å². The topological polar surface area (TPSA) is 86.5 Å². The first-order valence-corrected chi connectivity index (χ1v) is 11.2. The van der Waals surface area contributed by atoms with Gasteiger partial charge in [-0.2, -0.15) is 0 Å². The molecule has 5 rings (SSSR count). The molecule has 3 fully saturated rings. The van der Waals surface area contributed by atoms with Crippen LogP contribution >= 0.6 is 11.6 Å². The number of esters is 1. The Labute approximate surface area is 187 Å². The maximum Gasteiger partial charge on any atom is 0.341 e. The van der Waals surface area contributed by atoms with E-state index in [0.29, 0.717) is 28.4 Å². The molecule has 31 heavy (non-hydrogen) atoms. The number of aliphatic hydroxyl groups is 1. The van der Waals surface area contributed by atoms with E-state index in [1.807, 2.05) is 7.85 Å². The first kappa shape index (κ1) is 20.8. The average Bonchev–Trinajstić information content (AvgIpc) is 3.62. The molecule has 2 heterocycles. The van der Waals surface area contributed by atoms with Crippen LogP contribution in [0, 0.1) is 16.7 Å². The standard InChI is InChI=1S/C22H27BClN3O4/c1-19(2,3)31-17(28)13-4-5-14(25-16(13)24)27-11-6-15(26-27)30-12-22(23,29)18-20(7-8-20)21(18)9-10-21/h4-6,11,18,29H,7-10,12,23H2,1-3H3. The summed E-state index contributed by atoms with van der Waals surface area (Å²) in [7, 11) is 1.89. The third kappa shape index (κ3) is 3.44. The van der Waals surface area contributed by atoms with Crippen LogP contribution in [0.1, 0.15) is 56.8 Å². The van der Waals surface area contributed by atoms with Gasteiger partial charge in [0.05, 0.1) is 11.1 Å². The van der Waals surface area contributed by atoms with Gasteiger partial charge in [-0.25, -0.2) is 14.5 Å². The largest absolute Gasteiger partial charge is 0.474 e. The fraction of sp³-hybridized carbons (Fsp3) is 0.591. The van der Waals surface area contributed by atoms with Gasteiger partial charge in [-0.15, -0.1) is 5.10 Å². The maximum atomic E-state index is 12.3. The molecule has 9 heteroatoms. The van der Waals surface area contributed by atoms with Gasteiger partial charge in [0.15, 0.2) is 5.82 Å². The number of halogens is 1. The lowest BCUT2D eigenvalue weighted by molar-refractivity contribution is 0.00692. The highest BCUT2D eigenvalue weighted by molar-refractivity contribution is 6.32. The number of hydrogen-bond acceptors (Lipinski definition) is 6. The third-order valence-electron chi connectivity index (χ3n) is 6.98. The number of fused-ring (bicyclic) bond motifs is 1. The lowest BCUT2D eigenvalue weighted by Gasteiger charge is -2.24. The van der Waals surface area contributed by atoms with Crippen LogP contribution in [-0.2, 0) is 4.74 Å². The molecule has 1 N–H and O–H groups in total. The Hall–Kier alpha value is -2.06. The lowest BCUT2D eigenvalue weighted by Crippen LogP contribution is -2.40. The van der Waals surface area contributed by atoms with Gasteiger partial charge < -0.3 is 14.6 Å². The summed E-state index contributed by atoms with van der Waals surface area (Å²) in [4.78, 5) is 16.5. The van der Waals surface area contributed by atoms with Crippen molar-refractivity contribution < 1.29 is 19.4 Å². The van der Waals surface area contributed by atoms with Crippen molar-refractivity contribution in [2.24, 2.45) is 16.7 Å². The molecule has 0 aromatic carbocycles. The monoisotopic (exact) mass is 443 g/mol. The summed E-state index contributed by atoms with van der Waals surface area (Å²) < 4.78 is 12.7. The Balaban J connectivity index is 1.24. The van der Waals surface area contributed by atoms with Crippen LogP contribution in [0.5, 0.6) is 5.88 Å². The van der Waals surface area contributed by atoms with E-state index in [9.17, 15) is 9.90 Å². The van der Waals surface area contributed by atoms with Gasteiger partial charge >= 0.3 is 5.97 Å². The molecule has 0 bridgehead atoms. The predicted molar refractivity (Wildman–Crippen MR) is 117 cm³/mol. The summed E-state index contributed by atoms with van der Waals surface area (Å²) in [5.41, 5.74) is -0.473. The SMILES string of the molecule is BC(O)(COc1ccn(-c2ccc(C(=O)OC(C)(C)C)c(Cl)n2)n1)C1C2(CC2)C12CC2. The molecule has 7 nitrogen and oxygen atoms in total. The Morgan fingerprint density at radius 1 is 1.26 bits per heavy atom. The molecule has 0 amide bonds.